The Balaban J connectivity index is 2.10. The summed E-state index contributed by atoms with van der Waals surface area (Å²) >= 11 is 0. The van der Waals surface area contributed by atoms with Crippen LogP contribution in [0.15, 0.2) is 6.20 Å². The predicted molar refractivity (Wildman–Crippen MR) is 77.4 cm³/mol. The first-order chi connectivity index (χ1) is 9.39. The van der Waals surface area contributed by atoms with E-state index in [0.29, 0.717) is 18.4 Å². The molecule has 4 nitrogen and oxygen atoms in total. The van der Waals surface area contributed by atoms with Crippen LogP contribution in [0.25, 0.3) is 0 Å². The molecule has 2 atom stereocenters. The predicted octanol–water partition coefficient (Wildman–Crippen LogP) is 3.64. The number of hydrogen-bond donors (Lipinski definition) is 1. The van der Waals surface area contributed by atoms with Gasteiger partial charge in [-0.3, -0.25) is 0 Å². The van der Waals surface area contributed by atoms with Gasteiger partial charge in [0.05, 0.1) is 6.20 Å². The lowest BCUT2D eigenvalue weighted by atomic mass is 9.71. The molecule has 2 rings (SSSR count). The highest BCUT2D eigenvalue weighted by atomic mass is 19.1. The fourth-order valence-corrected chi connectivity index (χ4v) is 3.18. The molecule has 0 spiro atoms. The van der Waals surface area contributed by atoms with Gasteiger partial charge in [0.2, 0.25) is 11.8 Å². The highest BCUT2D eigenvalue weighted by Gasteiger charge is 2.33. The summed E-state index contributed by atoms with van der Waals surface area (Å²) in [6.45, 7) is 9.33. The van der Waals surface area contributed by atoms with Crippen molar-refractivity contribution < 1.29 is 9.13 Å². The fourth-order valence-electron chi connectivity index (χ4n) is 3.18. The van der Waals surface area contributed by atoms with E-state index in [9.17, 15) is 4.39 Å². The van der Waals surface area contributed by atoms with E-state index in [1.807, 2.05) is 6.92 Å². The highest BCUT2D eigenvalue weighted by molar-refractivity contribution is 5.28. The largest absolute Gasteiger partial charge is 0.472 e. The van der Waals surface area contributed by atoms with Crippen molar-refractivity contribution in [1.29, 1.82) is 0 Å². The van der Waals surface area contributed by atoms with Crippen molar-refractivity contribution in [2.24, 2.45) is 11.3 Å². The van der Waals surface area contributed by atoms with Crippen molar-refractivity contribution in [2.75, 3.05) is 11.9 Å². The number of nitrogens with one attached hydrogen (secondary N) is 1. The Morgan fingerprint density at radius 2 is 2.20 bits per heavy atom. The van der Waals surface area contributed by atoms with Gasteiger partial charge in [0, 0.05) is 6.54 Å². The lowest BCUT2D eigenvalue weighted by molar-refractivity contribution is 0.0503. The van der Waals surface area contributed by atoms with Crippen LogP contribution in [0.2, 0.25) is 0 Å². The average molecular weight is 281 g/mol. The summed E-state index contributed by atoms with van der Waals surface area (Å²) < 4.78 is 19.6. The van der Waals surface area contributed by atoms with E-state index in [1.54, 1.807) is 0 Å². The maximum Gasteiger partial charge on any atom is 0.255 e. The number of anilines is 1. The van der Waals surface area contributed by atoms with Crippen LogP contribution in [0.1, 0.15) is 47.0 Å². The molecule has 1 aromatic heterocycles. The van der Waals surface area contributed by atoms with Gasteiger partial charge in [0.15, 0.2) is 0 Å². The topological polar surface area (TPSA) is 47.0 Å². The Bertz CT molecular complexity index is 464. The molecule has 1 aliphatic rings. The minimum Gasteiger partial charge on any atom is -0.472 e. The molecule has 0 bridgehead atoms. The van der Waals surface area contributed by atoms with E-state index < -0.39 is 5.82 Å². The highest BCUT2D eigenvalue weighted by Crippen LogP contribution is 2.40. The molecule has 0 radical (unpaired) electrons. The molecule has 0 aromatic carbocycles. The van der Waals surface area contributed by atoms with Gasteiger partial charge in [-0.1, -0.05) is 20.8 Å². The zero-order valence-corrected chi connectivity index (χ0v) is 12.7. The van der Waals surface area contributed by atoms with Crippen LogP contribution in [-0.2, 0) is 0 Å². The maximum absolute atomic E-state index is 13.8. The van der Waals surface area contributed by atoms with Gasteiger partial charge < -0.3 is 10.1 Å². The number of ether oxygens (including phenoxy) is 1. The minimum absolute atomic E-state index is 0.0210. The molecule has 1 fully saturated rings. The summed E-state index contributed by atoms with van der Waals surface area (Å²) in [5.74, 6) is 0.558. The van der Waals surface area contributed by atoms with Crippen molar-refractivity contribution in [2.45, 2.75) is 53.1 Å². The number of nitrogens with zero attached hydrogens (tertiary/aromatic N) is 2. The Morgan fingerprint density at radius 1 is 1.45 bits per heavy atom. The standard InChI is InChI=1S/C15H24FN3O/c1-5-17-14-18-9-12(16)13(19-14)20-11-6-10(2)7-15(3,4)8-11/h9-11H,5-8H2,1-4H3,(H,17,18,19). The van der Waals surface area contributed by atoms with Crippen LogP contribution in [0, 0.1) is 17.2 Å². The quantitative estimate of drug-likeness (QED) is 0.915. The Kier molecular flexibility index (Phi) is 4.45. The van der Waals surface area contributed by atoms with E-state index >= 15 is 0 Å². The zero-order chi connectivity index (χ0) is 14.8. The molecular formula is C15H24FN3O. The first-order valence-corrected chi connectivity index (χ1v) is 7.32. The summed E-state index contributed by atoms with van der Waals surface area (Å²) in [4.78, 5) is 8.00. The van der Waals surface area contributed by atoms with Crippen LogP contribution < -0.4 is 10.1 Å². The van der Waals surface area contributed by atoms with Crippen molar-refractivity contribution in [1.82, 2.24) is 9.97 Å². The van der Waals surface area contributed by atoms with Gasteiger partial charge in [-0.15, -0.1) is 0 Å². The molecule has 5 heteroatoms. The average Bonchev–Trinajstić information content (AvgIpc) is 2.31. The third-order valence-corrected chi connectivity index (χ3v) is 3.67. The van der Waals surface area contributed by atoms with Crippen LogP contribution in [0.3, 0.4) is 0 Å². The monoisotopic (exact) mass is 281 g/mol. The summed E-state index contributed by atoms with van der Waals surface area (Å²) in [6.07, 6.45) is 4.24. The second kappa shape index (κ2) is 5.94. The number of rotatable bonds is 4. The second-order valence-electron chi connectivity index (χ2n) is 6.53. The first-order valence-electron chi connectivity index (χ1n) is 7.32. The Hall–Kier alpha value is -1.39. The molecule has 1 N–H and O–H groups in total. The van der Waals surface area contributed by atoms with Gasteiger partial charge in [-0.25, -0.2) is 4.98 Å². The normalized spacial score (nSPS) is 25.2. The molecule has 2 unspecified atom stereocenters. The van der Waals surface area contributed by atoms with E-state index in [-0.39, 0.29) is 17.4 Å². The van der Waals surface area contributed by atoms with Crippen LogP contribution >= 0.6 is 0 Å². The number of hydrogen-bond acceptors (Lipinski definition) is 4. The molecule has 0 saturated heterocycles. The molecule has 1 saturated carbocycles. The number of aromatic nitrogens is 2. The molecule has 0 amide bonds. The summed E-state index contributed by atoms with van der Waals surface area (Å²) in [7, 11) is 0. The molecular weight excluding hydrogens is 257 g/mol. The van der Waals surface area contributed by atoms with Crippen LogP contribution in [0.4, 0.5) is 10.3 Å². The van der Waals surface area contributed by atoms with Gasteiger partial charge in [0.25, 0.3) is 5.88 Å². The first kappa shape index (κ1) is 15.0. The minimum atomic E-state index is -0.498. The van der Waals surface area contributed by atoms with Gasteiger partial charge in [-0.05, 0) is 37.5 Å². The van der Waals surface area contributed by atoms with E-state index in [0.717, 1.165) is 19.0 Å². The van der Waals surface area contributed by atoms with Gasteiger partial charge in [0.1, 0.15) is 6.10 Å². The molecule has 1 aromatic rings. The van der Waals surface area contributed by atoms with Crippen molar-refractivity contribution in [3.63, 3.8) is 0 Å². The molecule has 1 aliphatic carbocycles. The van der Waals surface area contributed by atoms with E-state index in [2.05, 4.69) is 36.1 Å². The van der Waals surface area contributed by atoms with Crippen LogP contribution in [-0.4, -0.2) is 22.6 Å². The van der Waals surface area contributed by atoms with Crippen molar-refractivity contribution >= 4 is 5.95 Å². The second-order valence-corrected chi connectivity index (χ2v) is 6.53. The maximum atomic E-state index is 13.8. The number of halogens is 1. The lowest BCUT2D eigenvalue weighted by Crippen LogP contribution is -2.34. The molecule has 1 heterocycles. The SMILES string of the molecule is CCNc1ncc(F)c(OC2CC(C)CC(C)(C)C2)n1. The Labute approximate surface area is 120 Å². The zero-order valence-electron chi connectivity index (χ0n) is 12.7. The lowest BCUT2D eigenvalue weighted by Gasteiger charge is -2.38. The van der Waals surface area contributed by atoms with E-state index in [4.69, 9.17) is 4.74 Å². The summed E-state index contributed by atoms with van der Waals surface area (Å²) in [6, 6.07) is 0. The van der Waals surface area contributed by atoms with Gasteiger partial charge in [-0.2, -0.15) is 9.37 Å². The third-order valence-electron chi connectivity index (χ3n) is 3.67. The van der Waals surface area contributed by atoms with Crippen molar-refractivity contribution in [3.05, 3.63) is 12.0 Å². The summed E-state index contributed by atoms with van der Waals surface area (Å²) in [5.41, 5.74) is 0.232. The fraction of sp³-hybridized carbons (Fsp3) is 0.733. The van der Waals surface area contributed by atoms with Crippen molar-refractivity contribution in [3.8, 4) is 5.88 Å². The van der Waals surface area contributed by atoms with Crippen LogP contribution in [0.5, 0.6) is 5.88 Å². The molecule has 20 heavy (non-hydrogen) atoms. The van der Waals surface area contributed by atoms with E-state index in [1.165, 1.54) is 6.42 Å². The van der Waals surface area contributed by atoms with Gasteiger partial charge >= 0.3 is 0 Å². The Morgan fingerprint density at radius 3 is 2.85 bits per heavy atom. The smallest absolute Gasteiger partial charge is 0.255 e. The molecule has 112 valence electrons. The molecule has 0 aliphatic heterocycles. The summed E-state index contributed by atoms with van der Waals surface area (Å²) in [5, 5.41) is 2.97. The third kappa shape index (κ3) is 3.81.